The summed E-state index contributed by atoms with van der Waals surface area (Å²) in [5.74, 6) is 0.566. The zero-order chi connectivity index (χ0) is 14.3. The van der Waals surface area contributed by atoms with Crippen LogP contribution in [-0.2, 0) is 4.74 Å². The van der Waals surface area contributed by atoms with Crippen LogP contribution in [-0.4, -0.2) is 19.3 Å². The normalized spacial score (nSPS) is 14.6. The molecular formula is C16H26BrNO. The van der Waals surface area contributed by atoms with E-state index in [-0.39, 0.29) is 0 Å². The van der Waals surface area contributed by atoms with Gasteiger partial charge in [-0.1, -0.05) is 48.8 Å². The second-order valence-electron chi connectivity index (χ2n) is 5.19. The molecule has 0 heterocycles. The monoisotopic (exact) mass is 327 g/mol. The molecule has 3 heteroatoms. The van der Waals surface area contributed by atoms with E-state index in [0.717, 1.165) is 24.1 Å². The largest absolute Gasteiger partial charge is 0.380 e. The van der Waals surface area contributed by atoms with Crippen molar-refractivity contribution in [3.05, 3.63) is 34.3 Å². The number of rotatable bonds is 8. The molecule has 0 saturated heterocycles. The van der Waals surface area contributed by atoms with Crippen LogP contribution in [0.3, 0.4) is 0 Å². The van der Waals surface area contributed by atoms with Gasteiger partial charge in [0, 0.05) is 23.2 Å². The molecule has 108 valence electrons. The summed E-state index contributed by atoms with van der Waals surface area (Å²) < 4.78 is 6.71. The molecule has 1 rings (SSSR count). The van der Waals surface area contributed by atoms with Crippen LogP contribution in [0.2, 0.25) is 0 Å². The van der Waals surface area contributed by atoms with Gasteiger partial charge in [-0.05, 0) is 37.0 Å². The van der Waals surface area contributed by atoms with Gasteiger partial charge in [-0.2, -0.15) is 0 Å². The van der Waals surface area contributed by atoms with E-state index in [1.165, 1.54) is 5.56 Å². The third kappa shape index (κ3) is 5.64. The summed E-state index contributed by atoms with van der Waals surface area (Å²) in [5.41, 5.74) is 1.34. The second kappa shape index (κ2) is 8.72. The molecule has 0 amide bonds. The second-order valence-corrected chi connectivity index (χ2v) is 6.10. The maximum Gasteiger partial charge on any atom is 0.0622 e. The number of hydrogen-bond donors (Lipinski definition) is 1. The third-order valence-corrected chi connectivity index (χ3v) is 3.93. The van der Waals surface area contributed by atoms with Crippen LogP contribution >= 0.6 is 15.9 Å². The van der Waals surface area contributed by atoms with Crippen molar-refractivity contribution in [1.29, 1.82) is 0 Å². The first kappa shape index (κ1) is 16.7. The maximum absolute atomic E-state index is 5.59. The first-order valence-electron chi connectivity index (χ1n) is 7.17. The third-order valence-electron chi connectivity index (χ3n) is 3.40. The van der Waals surface area contributed by atoms with Crippen molar-refractivity contribution in [1.82, 2.24) is 5.32 Å². The Kier molecular flexibility index (Phi) is 7.66. The van der Waals surface area contributed by atoms with Gasteiger partial charge in [-0.25, -0.2) is 0 Å². The number of benzene rings is 1. The van der Waals surface area contributed by atoms with Gasteiger partial charge in [-0.3, -0.25) is 0 Å². The Bertz CT molecular complexity index is 350. The molecule has 0 aromatic heterocycles. The summed E-state index contributed by atoms with van der Waals surface area (Å²) in [6.07, 6.45) is 1.08. The van der Waals surface area contributed by atoms with Crippen molar-refractivity contribution in [3.63, 3.8) is 0 Å². The van der Waals surface area contributed by atoms with E-state index < -0.39 is 0 Å². The van der Waals surface area contributed by atoms with Gasteiger partial charge in [0.1, 0.15) is 0 Å². The average molecular weight is 328 g/mol. The molecule has 0 bridgehead atoms. The summed E-state index contributed by atoms with van der Waals surface area (Å²) in [7, 11) is 0. The van der Waals surface area contributed by atoms with Gasteiger partial charge in [0.25, 0.3) is 0 Å². The summed E-state index contributed by atoms with van der Waals surface area (Å²) in [6.45, 7) is 10.3. The van der Waals surface area contributed by atoms with Gasteiger partial charge in [0.15, 0.2) is 0 Å². The van der Waals surface area contributed by atoms with Gasteiger partial charge in [0.05, 0.1) is 6.61 Å². The van der Waals surface area contributed by atoms with Crippen LogP contribution < -0.4 is 5.32 Å². The van der Waals surface area contributed by atoms with Crippen molar-refractivity contribution in [2.45, 2.75) is 46.2 Å². The SMILES string of the molecule is CCOCC(NC(CC)c1ccc(Br)cc1)C(C)C. The zero-order valence-electron chi connectivity index (χ0n) is 12.4. The Morgan fingerprint density at radius 2 is 1.79 bits per heavy atom. The van der Waals surface area contributed by atoms with Crippen LogP contribution in [0.15, 0.2) is 28.7 Å². The van der Waals surface area contributed by atoms with Crippen molar-refractivity contribution < 1.29 is 4.74 Å². The van der Waals surface area contributed by atoms with E-state index in [9.17, 15) is 0 Å². The van der Waals surface area contributed by atoms with Crippen molar-refractivity contribution in [2.24, 2.45) is 5.92 Å². The van der Waals surface area contributed by atoms with Gasteiger partial charge >= 0.3 is 0 Å². The van der Waals surface area contributed by atoms with E-state index in [0.29, 0.717) is 18.0 Å². The number of ether oxygens (including phenoxy) is 1. The minimum Gasteiger partial charge on any atom is -0.380 e. The summed E-state index contributed by atoms with van der Waals surface area (Å²) >= 11 is 3.48. The Morgan fingerprint density at radius 3 is 2.26 bits per heavy atom. The fourth-order valence-corrected chi connectivity index (χ4v) is 2.35. The Balaban J connectivity index is 2.70. The first-order chi connectivity index (χ1) is 9.08. The lowest BCUT2D eigenvalue weighted by Gasteiger charge is -2.28. The predicted octanol–water partition coefficient (Wildman–Crippen LogP) is 4.55. The molecule has 0 spiro atoms. The van der Waals surface area contributed by atoms with Crippen LogP contribution in [0, 0.1) is 5.92 Å². The lowest BCUT2D eigenvalue weighted by atomic mass is 9.99. The molecule has 0 aliphatic rings. The van der Waals surface area contributed by atoms with Crippen LogP contribution in [0.1, 0.15) is 45.7 Å². The molecule has 0 saturated carbocycles. The molecule has 0 fully saturated rings. The zero-order valence-corrected chi connectivity index (χ0v) is 14.0. The highest BCUT2D eigenvalue weighted by Crippen LogP contribution is 2.21. The van der Waals surface area contributed by atoms with Gasteiger partial charge < -0.3 is 10.1 Å². The van der Waals surface area contributed by atoms with E-state index in [1.54, 1.807) is 0 Å². The average Bonchev–Trinajstić information content (AvgIpc) is 2.40. The van der Waals surface area contributed by atoms with Crippen molar-refractivity contribution in [3.8, 4) is 0 Å². The van der Waals surface area contributed by atoms with E-state index in [1.807, 2.05) is 6.92 Å². The fourth-order valence-electron chi connectivity index (χ4n) is 2.08. The van der Waals surface area contributed by atoms with Crippen molar-refractivity contribution in [2.75, 3.05) is 13.2 Å². The smallest absolute Gasteiger partial charge is 0.0622 e. The summed E-state index contributed by atoms with van der Waals surface area (Å²) in [5, 5.41) is 3.73. The topological polar surface area (TPSA) is 21.3 Å². The maximum atomic E-state index is 5.59. The van der Waals surface area contributed by atoms with E-state index >= 15 is 0 Å². The molecule has 1 aromatic carbocycles. The Labute approximate surface area is 126 Å². The quantitative estimate of drug-likeness (QED) is 0.756. The standard InChI is InChI=1S/C16H26BrNO/c1-5-15(13-7-9-14(17)10-8-13)18-16(12(3)4)11-19-6-2/h7-10,12,15-16,18H,5-6,11H2,1-4H3. The number of hydrogen-bond acceptors (Lipinski definition) is 2. The van der Waals surface area contributed by atoms with Crippen molar-refractivity contribution >= 4 is 15.9 Å². The molecule has 2 atom stereocenters. The molecule has 1 aromatic rings. The Morgan fingerprint density at radius 1 is 1.16 bits per heavy atom. The summed E-state index contributed by atoms with van der Waals surface area (Å²) in [6, 6.07) is 9.36. The predicted molar refractivity (Wildman–Crippen MR) is 85.4 cm³/mol. The molecular weight excluding hydrogens is 302 g/mol. The van der Waals surface area contributed by atoms with Gasteiger partial charge in [-0.15, -0.1) is 0 Å². The highest BCUT2D eigenvalue weighted by Gasteiger charge is 2.18. The number of halogens is 1. The van der Waals surface area contributed by atoms with Crippen LogP contribution in [0.25, 0.3) is 0 Å². The lowest BCUT2D eigenvalue weighted by Crippen LogP contribution is -2.40. The minimum atomic E-state index is 0.390. The highest BCUT2D eigenvalue weighted by atomic mass is 79.9. The molecule has 0 aliphatic heterocycles. The summed E-state index contributed by atoms with van der Waals surface area (Å²) in [4.78, 5) is 0. The van der Waals surface area contributed by atoms with E-state index in [4.69, 9.17) is 4.74 Å². The fraction of sp³-hybridized carbons (Fsp3) is 0.625. The molecule has 2 unspecified atom stereocenters. The minimum absolute atomic E-state index is 0.390. The molecule has 19 heavy (non-hydrogen) atoms. The lowest BCUT2D eigenvalue weighted by molar-refractivity contribution is 0.103. The molecule has 2 nitrogen and oxygen atoms in total. The Hall–Kier alpha value is -0.380. The van der Waals surface area contributed by atoms with E-state index in [2.05, 4.69) is 66.3 Å². The first-order valence-corrected chi connectivity index (χ1v) is 7.97. The van der Waals surface area contributed by atoms with Crippen LogP contribution in [0.5, 0.6) is 0 Å². The molecule has 0 aliphatic carbocycles. The van der Waals surface area contributed by atoms with Gasteiger partial charge in [0.2, 0.25) is 0 Å². The van der Waals surface area contributed by atoms with Crippen LogP contribution in [0.4, 0.5) is 0 Å². The number of nitrogens with one attached hydrogen (secondary N) is 1. The molecule has 0 radical (unpaired) electrons. The molecule has 1 N–H and O–H groups in total. The highest BCUT2D eigenvalue weighted by molar-refractivity contribution is 9.10.